The van der Waals surface area contributed by atoms with Gasteiger partial charge in [-0.05, 0) is 27.7 Å². The number of nitriles is 2. The summed E-state index contributed by atoms with van der Waals surface area (Å²) in [4.78, 5) is 0. The molecule has 0 N–H and O–H groups in total. The third kappa shape index (κ3) is 40.9. The molecule has 3 heteroatoms. The standard InChI is InChI=1S/2C4H7N.Bi/c2*1-4(2)3-5;/h2*4H,1-2H3;. The molecule has 3 radical (unpaired) electrons. The maximum atomic E-state index is 7.89. The Morgan fingerprint density at radius 3 is 0.909 bits per heavy atom. The second kappa shape index (κ2) is 12.5. The molecule has 0 saturated heterocycles. The minimum absolute atomic E-state index is 0. The SMILES string of the molecule is CC(C)C#N.CC(C)C#N.[Bi]. The van der Waals surface area contributed by atoms with Gasteiger partial charge in [-0.15, -0.1) is 0 Å². The summed E-state index contributed by atoms with van der Waals surface area (Å²) in [6, 6.07) is 4.06. The van der Waals surface area contributed by atoms with Crippen molar-refractivity contribution in [1.29, 1.82) is 10.5 Å². The normalized spacial score (nSPS) is 6.91. The van der Waals surface area contributed by atoms with Gasteiger partial charge in [0.15, 0.2) is 0 Å². The zero-order valence-corrected chi connectivity index (χ0v) is 11.0. The van der Waals surface area contributed by atoms with Crippen molar-refractivity contribution in [2.24, 2.45) is 11.8 Å². The van der Waals surface area contributed by atoms with Crippen LogP contribution < -0.4 is 0 Å². The summed E-state index contributed by atoms with van der Waals surface area (Å²) in [5, 5.41) is 15.8. The van der Waals surface area contributed by atoms with Crippen LogP contribution in [0.1, 0.15) is 27.7 Å². The summed E-state index contributed by atoms with van der Waals surface area (Å²) in [5.74, 6) is 0.380. The van der Waals surface area contributed by atoms with Crippen molar-refractivity contribution in [3.63, 3.8) is 0 Å². The molecule has 61 valence electrons. The van der Waals surface area contributed by atoms with Crippen molar-refractivity contribution in [2.45, 2.75) is 27.7 Å². The van der Waals surface area contributed by atoms with Crippen LogP contribution in [-0.4, -0.2) is 26.2 Å². The van der Waals surface area contributed by atoms with E-state index in [1.165, 1.54) is 0 Å². The Morgan fingerprint density at radius 2 is 0.909 bits per heavy atom. The van der Waals surface area contributed by atoms with Crippen LogP contribution in [0.5, 0.6) is 0 Å². The van der Waals surface area contributed by atoms with Crippen molar-refractivity contribution in [3.8, 4) is 12.1 Å². The fourth-order valence-electron chi connectivity index (χ4n) is 0. The predicted molar refractivity (Wildman–Crippen MR) is 46.7 cm³/mol. The summed E-state index contributed by atoms with van der Waals surface area (Å²) >= 11 is 0. The molecule has 0 amide bonds. The molecule has 0 fully saturated rings. The van der Waals surface area contributed by atoms with Crippen LogP contribution in [-0.2, 0) is 0 Å². The average Bonchev–Trinajstić information content (AvgIpc) is 1.89. The van der Waals surface area contributed by atoms with E-state index in [4.69, 9.17) is 10.5 Å². The molecule has 0 atom stereocenters. The van der Waals surface area contributed by atoms with Gasteiger partial charge in [0.1, 0.15) is 0 Å². The van der Waals surface area contributed by atoms with E-state index in [0.29, 0.717) is 0 Å². The first-order chi connectivity index (χ1) is 4.54. The quantitative estimate of drug-likeness (QED) is 0.629. The fourth-order valence-corrected chi connectivity index (χ4v) is 0. The number of nitrogens with zero attached hydrogens (tertiary/aromatic N) is 2. The molecule has 2 nitrogen and oxygen atoms in total. The molecule has 0 bridgehead atoms. The van der Waals surface area contributed by atoms with Gasteiger partial charge >= 0.3 is 0 Å². The van der Waals surface area contributed by atoms with Gasteiger partial charge in [-0.25, -0.2) is 0 Å². The smallest absolute Gasteiger partial charge is 0.0649 e. The monoisotopic (exact) mass is 347 g/mol. The minimum atomic E-state index is 0. The summed E-state index contributed by atoms with van der Waals surface area (Å²) in [6.45, 7) is 7.44. The van der Waals surface area contributed by atoms with E-state index >= 15 is 0 Å². The largest absolute Gasteiger partial charge is 0.198 e. The Hall–Kier alpha value is -0.137. The summed E-state index contributed by atoms with van der Waals surface area (Å²) < 4.78 is 0. The molecule has 0 heterocycles. The Bertz CT molecular complexity index is 121. The van der Waals surface area contributed by atoms with Crippen LogP contribution in [0.25, 0.3) is 0 Å². The van der Waals surface area contributed by atoms with Gasteiger partial charge in [-0.3, -0.25) is 0 Å². The zero-order chi connectivity index (χ0) is 8.57. The molecule has 0 aliphatic heterocycles. The molecule has 0 rings (SSSR count). The average molecular weight is 347 g/mol. The fraction of sp³-hybridized carbons (Fsp3) is 0.750. The van der Waals surface area contributed by atoms with Gasteiger partial charge < -0.3 is 0 Å². The Kier molecular flexibility index (Phi) is 19.5. The molecule has 0 spiro atoms. The molecule has 0 aromatic heterocycles. The van der Waals surface area contributed by atoms with Crippen molar-refractivity contribution < 1.29 is 0 Å². The van der Waals surface area contributed by atoms with Crippen LogP contribution in [0.4, 0.5) is 0 Å². The van der Waals surface area contributed by atoms with E-state index in [2.05, 4.69) is 0 Å². The number of hydrogen-bond acceptors (Lipinski definition) is 2. The molecule has 0 saturated carbocycles. The Balaban J connectivity index is -0.000000107. The van der Waals surface area contributed by atoms with E-state index in [1.807, 2.05) is 39.8 Å². The topological polar surface area (TPSA) is 47.6 Å². The van der Waals surface area contributed by atoms with E-state index in [0.717, 1.165) is 0 Å². The third-order valence-corrected chi connectivity index (χ3v) is 0.516. The molecule has 0 aliphatic rings. The van der Waals surface area contributed by atoms with E-state index in [1.54, 1.807) is 0 Å². The van der Waals surface area contributed by atoms with Crippen LogP contribution in [0, 0.1) is 34.5 Å². The molecular weight excluding hydrogens is 333 g/mol. The van der Waals surface area contributed by atoms with Crippen LogP contribution >= 0.6 is 0 Å². The van der Waals surface area contributed by atoms with Crippen molar-refractivity contribution in [1.82, 2.24) is 0 Å². The first-order valence-corrected chi connectivity index (χ1v) is 3.33. The molecular formula is C8H14BiN2. The van der Waals surface area contributed by atoms with Gasteiger partial charge in [-0.2, -0.15) is 10.5 Å². The molecule has 0 unspecified atom stereocenters. The van der Waals surface area contributed by atoms with Crippen LogP contribution in [0.2, 0.25) is 0 Å². The maximum Gasteiger partial charge on any atom is 0.0649 e. The first-order valence-electron chi connectivity index (χ1n) is 3.33. The van der Waals surface area contributed by atoms with Crippen LogP contribution in [0.15, 0.2) is 0 Å². The second-order valence-electron chi connectivity index (χ2n) is 2.57. The summed E-state index contributed by atoms with van der Waals surface area (Å²) in [6.07, 6.45) is 0. The zero-order valence-electron chi connectivity index (χ0n) is 7.50. The molecule has 0 aromatic carbocycles. The number of hydrogen-bond donors (Lipinski definition) is 0. The van der Waals surface area contributed by atoms with Gasteiger partial charge in [0.2, 0.25) is 0 Å². The maximum absolute atomic E-state index is 7.89. The van der Waals surface area contributed by atoms with Gasteiger partial charge in [0.25, 0.3) is 0 Å². The van der Waals surface area contributed by atoms with Gasteiger partial charge in [0, 0.05) is 38.0 Å². The Morgan fingerprint density at radius 1 is 0.818 bits per heavy atom. The van der Waals surface area contributed by atoms with Gasteiger partial charge in [-0.1, -0.05) is 0 Å². The molecule has 0 aliphatic carbocycles. The Labute approximate surface area is 88.3 Å². The molecule has 11 heavy (non-hydrogen) atoms. The second-order valence-corrected chi connectivity index (χ2v) is 2.57. The predicted octanol–water partition coefficient (Wildman–Crippen LogP) is 1.95. The third-order valence-electron chi connectivity index (χ3n) is 0.516. The van der Waals surface area contributed by atoms with E-state index in [9.17, 15) is 0 Å². The minimum Gasteiger partial charge on any atom is -0.198 e. The number of rotatable bonds is 0. The van der Waals surface area contributed by atoms with E-state index in [-0.39, 0.29) is 38.0 Å². The summed E-state index contributed by atoms with van der Waals surface area (Å²) in [5.41, 5.74) is 0. The van der Waals surface area contributed by atoms with Crippen molar-refractivity contribution in [2.75, 3.05) is 0 Å². The molecule has 0 aromatic rings. The summed E-state index contributed by atoms with van der Waals surface area (Å²) in [7, 11) is 0. The van der Waals surface area contributed by atoms with Crippen molar-refractivity contribution >= 4 is 26.2 Å². The van der Waals surface area contributed by atoms with E-state index < -0.39 is 0 Å². The first kappa shape index (κ1) is 17.1. The van der Waals surface area contributed by atoms with Gasteiger partial charge in [0.05, 0.1) is 12.1 Å². The van der Waals surface area contributed by atoms with Crippen molar-refractivity contribution in [3.05, 3.63) is 0 Å². The van der Waals surface area contributed by atoms with Crippen LogP contribution in [0.3, 0.4) is 0 Å².